The standard InChI is InChI=1S/C10H16O4/c1-10(9(11)13-3)6-8(7-12-2)4-5-14-10/h7H,4-6H2,1-3H3/b8-7+. The molecule has 1 atom stereocenters. The summed E-state index contributed by atoms with van der Waals surface area (Å²) in [5, 5.41) is 0. The molecule has 0 aromatic heterocycles. The Kier molecular flexibility index (Phi) is 3.52. The third kappa shape index (κ3) is 2.26. The molecule has 0 aromatic carbocycles. The van der Waals surface area contributed by atoms with E-state index in [2.05, 4.69) is 4.74 Å². The van der Waals surface area contributed by atoms with Crippen LogP contribution in [0.15, 0.2) is 11.8 Å². The Morgan fingerprint density at radius 1 is 1.57 bits per heavy atom. The monoisotopic (exact) mass is 200 g/mol. The van der Waals surface area contributed by atoms with Crippen molar-refractivity contribution in [1.29, 1.82) is 0 Å². The van der Waals surface area contributed by atoms with Crippen LogP contribution in [0.4, 0.5) is 0 Å². The molecule has 4 heteroatoms. The van der Waals surface area contributed by atoms with Gasteiger partial charge in [0.25, 0.3) is 0 Å². The maximum absolute atomic E-state index is 11.4. The average Bonchev–Trinajstić information content (AvgIpc) is 2.17. The predicted octanol–water partition coefficient (Wildman–Crippen LogP) is 1.26. The average molecular weight is 200 g/mol. The van der Waals surface area contributed by atoms with Gasteiger partial charge in [-0.15, -0.1) is 0 Å². The van der Waals surface area contributed by atoms with E-state index in [1.807, 2.05) is 0 Å². The molecule has 1 aliphatic rings. The number of esters is 1. The molecular weight excluding hydrogens is 184 g/mol. The van der Waals surface area contributed by atoms with Crippen LogP contribution in [0.3, 0.4) is 0 Å². The van der Waals surface area contributed by atoms with Crippen molar-refractivity contribution in [3.8, 4) is 0 Å². The second-order valence-corrected chi connectivity index (χ2v) is 3.51. The first-order chi connectivity index (χ1) is 6.62. The molecule has 1 saturated heterocycles. The molecular formula is C10H16O4. The fourth-order valence-corrected chi connectivity index (χ4v) is 1.59. The highest BCUT2D eigenvalue weighted by atomic mass is 16.6. The summed E-state index contributed by atoms with van der Waals surface area (Å²) >= 11 is 0. The Labute approximate surface area is 83.8 Å². The van der Waals surface area contributed by atoms with Crippen molar-refractivity contribution >= 4 is 5.97 Å². The first kappa shape index (κ1) is 11.0. The zero-order valence-electron chi connectivity index (χ0n) is 8.83. The lowest BCUT2D eigenvalue weighted by Crippen LogP contribution is -2.42. The third-order valence-electron chi connectivity index (χ3n) is 2.31. The van der Waals surface area contributed by atoms with Crippen LogP contribution in [-0.4, -0.2) is 32.4 Å². The number of methoxy groups -OCH3 is 2. The van der Waals surface area contributed by atoms with E-state index in [1.54, 1.807) is 20.3 Å². The topological polar surface area (TPSA) is 44.8 Å². The van der Waals surface area contributed by atoms with Gasteiger partial charge in [-0.25, -0.2) is 4.79 Å². The predicted molar refractivity (Wildman–Crippen MR) is 50.7 cm³/mol. The first-order valence-electron chi connectivity index (χ1n) is 4.55. The lowest BCUT2D eigenvalue weighted by Gasteiger charge is -2.32. The highest BCUT2D eigenvalue weighted by molar-refractivity contribution is 5.79. The molecule has 0 aromatic rings. The van der Waals surface area contributed by atoms with Gasteiger partial charge in [0.1, 0.15) is 0 Å². The van der Waals surface area contributed by atoms with E-state index in [0.29, 0.717) is 13.0 Å². The largest absolute Gasteiger partial charge is 0.504 e. The van der Waals surface area contributed by atoms with Crippen LogP contribution < -0.4 is 0 Å². The fourth-order valence-electron chi connectivity index (χ4n) is 1.59. The van der Waals surface area contributed by atoms with Crippen molar-refractivity contribution in [3.63, 3.8) is 0 Å². The van der Waals surface area contributed by atoms with Crippen LogP contribution in [0.5, 0.6) is 0 Å². The minimum absolute atomic E-state index is 0.334. The van der Waals surface area contributed by atoms with Gasteiger partial charge in [0.2, 0.25) is 0 Å². The van der Waals surface area contributed by atoms with Crippen LogP contribution in [-0.2, 0) is 19.0 Å². The quantitative estimate of drug-likeness (QED) is 0.497. The second kappa shape index (κ2) is 4.46. The second-order valence-electron chi connectivity index (χ2n) is 3.51. The van der Waals surface area contributed by atoms with Gasteiger partial charge < -0.3 is 14.2 Å². The molecule has 14 heavy (non-hydrogen) atoms. The van der Waals surface area contributed by atoms with Gasteiger partial charge >= 0.3 is 5.97 Å². The van der Waals surface area contributed by atoms with E-state index < -0.39 is 5.60 Å². The summed E-state index contributed by atoms with van der Waals surface area (Å²) < 4.78 is 15.0. The van der Waals surface area contributed by atoms with Gasteiger partial charge in [-0.3, -0.25) is 0 Å². The van der Waals surface area contributed by atoms with Crippen LogP contribution in [0, 0.1) is 0 Å². The highest BCUT2D eigenvalue weighted by Crippen LogP contribution is 2.29. The van der Waals surface area contributed by atoms with E-state index >= 15 is 0 Å². The molecule has 4 nitrogen and oxygen atoms in total. The molecule has 1 fully saturated rings. The van der Waals surface area contributed by atoms with E-state index in [4.69, 9.17) is 9.47 Å². The number of carbonyl (C=O) groups excluding carboxylic acids is 1. The van der Waals surface area contributed by atoms with Crippen LogP contribution in [0.2, 0.25) is 0 Å². The van der Waals surface area contributed by atoms with E-state index in [9.17, 15) is 4.79 Å². The maximum Gasteiger partial charge on any atom is 0.338 e. The van der Waals surface area contributed by atoms with Gasteiger partial charge in [0.05, 0.1) is 27.1 Å². The normalized spacial score (nSPS) is 30.1. The molecule has 0 saturated carbocycles. The zero-order chi connectivity index (χ0) is 10.6. The van der Waals surface area contributed by atoms with Crippen molar-refractivity contribution < 1.29 is 19.0 Å². The number of carbonyl (C=O) groups is 1. The molecule has 0 spiro atoms. The summed E-state index contributed by atoms with van der Waals surface area (Å²) in [5.41, 5.74) is 0.226. The maximum atomic E-state index is 11.4. The smallest absolute Gasteiger partial charge is 0.338 e. The molecule has 1 aliphatic heterocycles. The van der Waals surface area contributed by atoms with Crippen molar-refractivity contribution in [3.05, 3.63) is 11.8 Å². The van der Waals surface area contributed by atoms with Crippen molar-refractivity contribution in [2.75, 3.05) is 20.8 Å². The Hall–Kier alpha value is -1.03. The summed E-state index contributed by atoms with van der Waals surface area (Å²) in [5.74, 6) is -0.334. The zero-order valence-corrected chi connectivity index (χ0v) is 8.83. The molecule has 80 valence electrons. The Morgan fingerprint density at radius 2 is 2.29 bits per heavy atom. The van der Waals surface area contributed by atoms with Crippen molar-refractivity contribution in [1.82, 2.24) is 0 Å². The van der Waals surface area contributed by atoms with E-state index in [-0.39, 0.29) is 5.97 Å². The Balaban J connectivity index is 2.71. The summed E-state index contributed by atoms with van der Waals surface area (Å²) in [6.07, 6.45) is 3.01. The minimum atomic E-state index is -0.850. The number of hydrogen-bond acceptors (Lipinski definition) is 4. The van der Waals surface area contributed by atoms with Gasteiger partial charge in [-0.2, -0.15) is 0 Å². The third-order valence-corrected chi connectivity index (χ3v) is 2.31. The van der Waals surface area contributed by atoms with Crippen LogP contribution in [0.25, 0.3) is 0 Å². The molecule has 0 N–H and O–H groups in total. The SMILES string of the molecule is CO/C=C1\CCOC(C)(C(=O)OC)C1. The summed E-state index contributed by atoms with van der Waals surface area (Å²) in [7, 11) is 2.96. The van der Waals surface area contributed by atoms with Gasteiger partial charge in [0.15, 0.2) is 5.60 Å². The fraction of sp³-hybridized carbons (Fsp3) is 0.700. The van der Waals surface area contributed by atoms with E-state index in [1.165, 1.54) is 7.11 Å². The number of ether oxygens (including phenoxy) is 3. The minimum Gasteiger partial charge on any atom is -0.504 e. The molecule has 0 bridgehead atoms. The van der Waals surface area contributed by atoms with Gasteiger partial charge in [-0.05, 0) is 18.9 Å². The lowest BCUT2D eigenvalue weighted by atomic mass is 9.92. The number of rotatable bonds is 2. The van der Waals surface area contributed by atoms with Crippen LogP contribution >= 0.6 is 0 Å². The van der Waals surface area contributed by atoms with Crippen LogP contribution in [0.1, 0.15) is 19.8 Å². The Morgan fingerprint density at radius 3 is 2.86 bits per heavy atom. The molecule has 0 amide bonds. The van der Waals surface area contributed by atoms with Gasteiger partial charge in [0, 0.05) is 6.42 Å². The lowest BCUT2D eigenvalue weighted by molar-refractivity contribution is -0.169. The number of hydrogen-bond donors (Lipinski definition) is 0. The molecule has 1 heterocycles. The molecule has 0 aliphatic carbocycles. The van der Waals surface area contributed by atoms with E-state index in [0.717, 1.165) is 12.0 Å². The molecule has 0 radical (unpaired) electrons. The summed E-state index contributed by atoms with van der Waals surface area (Å²) in [6, 6.07) is 0. The Bertz CT molecular complexity index is 247. The highest BCUT2D eigenvalue weighted by Gasteiger charge is 2.39. The summed E-state index contributed by atoms with van der Waals surface area (Å²) in [4.78, 5) is 11.4. The summed E-state index contributed by atoms with van der Waals surface area (Å²) in [6.45, 7) is 2.27. The molecule has 1 rings (SSSR count). The van der Waals surface area contributed by atoms with Gasteiger partial charge in [-0.1, -0.05) is 0 Å². The van der Waals surface area contributed by atoms with Crippen molar-refractivity contribution in [2.24, 2.45) is 0 Å². The molecule has 1 unspecified atom stereocenters. The first-order valence-corrected chi connectivity index (χ1v) is 4.55. The van der Waals surface area contributed by atoms with Crippen molar-refractivity contribution in [2.45, 2.75) is 25.4 Å².